The maximum absolute atomic E-state index is 11.4. The number of morpholine rings is 1. The maximum Gasteiger partial charge on any atom is 0.211 e. The minimum Gasteiger partial charge on any atom is -0.378 e. The minimum absolute atomic E-state index is 0.165. The van der Waals surface area contributed by atoms with Gasteiger partial charge in [-0.05, 0) is 13.3 Å². The van der Waals surface area contributed by atoms with E-state index in [0.29, 0.717) is 19.2 Å². The van der Waals surface area contributed by atoms with Crippen LogP contribution in [0.25, 0.3) is 0 Å². The lowest BCUT2D eigenvalue weighted by Crippen LogP contribution is -2.54. The molecule has 0 saturated carbocycles. The van der Waals surface area contributed by atoms with E-state index in [1.165, 1.54) is 10.6 Å². The van der Waals surface area contributed by atoms with Gasteiger partial charge in [-0.15, -0.1) is 0 Å². The predicted molar refractivity (Wildman–Crippen MR) is 68.5 cm³/mol. The zero-order valence-corrected chi connectivity index (χ0v) is 12.0. The zero-order valence-electron chi connectivity index (χ0n) is 11.2. The van der Waals surface area contributed by atoms with Gasteiger partial charge in [0.25, 0.3) is 0 Å². The topological polar surface area (TPSA) is 49.9 Å². The second kappa shape index (κ2) is 6.13. The molecule has 2 unspecified atom stereocenters. The molecule has 17 heavy (non-hydrogen) atoms. The van der Waals surface area contributed by atoms with Crippen LogP contribution in [0.5, 0.6) is 0 Å². The molecule has 1 rings (SSSR count). The summed E-state index contributed by atoms with van der Waals surface area (Å²) >= 11 is 0. The molecule has 0 amide bonds. The summed E-state index contributed by atoms with van der Waals surface area (Å²) < 4.78 is 29.7. The number of hydrogen-bond donors (Lipinski definition) is 0. The number of rotatable bonds is 5. The van der Waals surface area contributed by atoms with Crippen molar-refractivity contribution in [1.82, 2.24) is 9.21 Å². The fourth-order valence-corrected chi connectivity index (χ4v) is 2.52. The summed E-state index contributed by atoms with van der Waals surface area (Å²) in [6.07, 6.45) is 2.31. The summed E-state index contributed by atoms with van der Waals surface area (Å²) in [6.45, 7) is 7.07. The molecule has 2 atom stereocenters. The highest BCUT2D eigenvalue weighted by Crippen LogP contribution is 2.15. The summed E-state index contributed by atoms with van der Waals surface area (Å²) in [5, 5.41) is 0. The Morgan fingerprint density at radius 2 is 2.18 bits per heavy atom. The Hall–Kier alpha value is -0.170. The van der Waals surface area contributed by atoms with Crippen LogP contribution < -0.4 is 0 Å². The summed E-state index contributed by atoms with van der Waals surface area (Å²) in [5.41, 5.74) is 0. The minimum atomic E-state index is -3.11. The smallest absolute Gasteiger partial charge is 0.211 e. The van der Waals surface area contributed by atoms with Crippen molar-refractivity contribution in [2.45, 2.75) is 32.4 Å². The third kappa shape index (κ3) is 4.21. The molecule has 0 bridgehead atoms. The van der Waals surface area contributed by atoms with Crippen molar-refractivity contribution < 1.29 is 13.2 Å². The zero-order chi connectivity index (χ0) is 13.1. The third-order valence-electron chi connectivity index (χ3n) is 3.46. The van der Waals surface area contributed by atoms with Crippen molar-refractivity contribution in [2.75, 3.05) is 39.6 Å². The second-order valence-electron chi connectivity index (χ2n) is 4.77. The summed E-state index contributed by atoms with van der Waals surface area (Å²) in [4.78, 5) is 2.35. The van der Waals surface area contributed by atoms with Crippen molar-refractivity contribution in [2.24, 2.45) is 0 Å². The van der Waals surface area contributed by atoms with Gasteiger partial charge in [-0.2, -0.15) is 0 Å². The molecule has 1 aliphatic rings. The average molecular weight is 264 g/mol. The highest BCUT2D eigenvalue weighted by atomic mass is 32.2. The van der Waals surface area contributed by atoms with Crippen LogP contribution in [0.1, 0.15) is 20.3 Å². The normalized spacial score (nSPS) is 25.1. The lowest BCUT2D eigenvalue weighted by atomic mass is 10.1. The molecule has 1 heterocycles. The van der Waals surface area contributed by atoms with Crippen molar-refractivity contribution in [3.05, 3.63) is 0 Å². The fourth-order valence-electron chi connectivity index (χ4n) is 2.07. The number of ether oxygens (including phenoxy) is 1. The van der Waals surface area contributed by atoms with Gasteiger partial charge in [0.15, 0.2) is 0 Å². The van der Waals surface area contributed by atoms with Crippen LogP contribution in [0.2, 0.25) is 0 Å². The van der Waals surface area contributed by atoms with E-state index in [1.807, 2.05) is 0 Å². The van der Waals surface area contributed by atoms with Gasteiger partial charge in [0.2, 0.25) is 10.0 Å². The first kappa shape index (κ1) is 14.9. The fraction of sp³-hybridized carbons (Fsp3) is 1.00. The van der Waals surface area contributed by atoms with E-state index in [2.05, 4.69) is 18.7 Å². The van der Waals surface area contributed by atoms with E-state index in [4.69, 9.17) is 4.74 Å². The van der Waals surface area contributed by atoms with Crippen LogP contribution in [-0.4, -0.2) is 69.3 Å². The number of likely N-dealkylation sites (N-methyl/N-ethyl adjacent to an activating group) is 1. The van der Waals surface area contributed by atoms with Crippen LogP contribution in [0, 0.1) is 0 Å². The van der Waals surface area contributed by atoms with Gasteiger partial charge in [-0.1, -0.05) is 6.92 Å². The molecule has 0 N–H and O–H groups in total. The van der Waals surface area contributed by atoms with Crippen molar-refractivity contribution in [3.63, 3.8) is 0 Å². The number of hydrogen-bond acceptors (Lipinski definition) is 4. The summed E-state index contributed by atoms with van der Waals surface area (Å²) in [7, 11) is -1.48. The van der Waals surface area contributed by atoms with Gasteiger partial charge in [0.05, 0.1) is 19.5 Å². The lowest BCUT2D eigenvalue weighted by Gasteiger charge is -2.40. The van der Waals surface area contributed by atoms with E-state index >= 15 is 0 Å². The van der Waals surface area contributed by atoms with Gasteiger partial charge < -0.3 is 4.74 Å². The predicted octanol–water partition coefficient (Wildman–Crippen LogP) is 0.377. The highest BCUT2D eigenvalue weighted by molar-refractivity contribution is 7.88. The SMILES string of the molecule is CCC(C)N1CCOCC1CN(C)S(C)(=O)=O. The molecule has 1 aliphatic heterocycles. The first-order valence-electron chi connectivity index (χ1n) is 6.11. The Balaban J connectivity index is 2.66. The molecular formula is C11H24N2O3S. The molecule has 102 valence electrons. The van der Waals surface area contributed by atoms with Crippen LogP contribution >= 0.6 is 0 Å². The van der Waals surface area contributed by atoms with E-state index in [-0.39, 0.29) is 6.04 Å². The van der Waals surface area contributed by atoms with Gasteiger partial charge in [-0.25, -0.2) is 12.7 Å². The third-order valence-corrected chi connectivity index (χ3v) is 4.75. The van der Waals surface area contributed by atoms with Gasteiger partial charge in [0, 0.05) is 32.2 Å². The average Bonchev–Trinajstić information content (AvgIpc) is 2.27. The number of nitrogens with zero attached hydrogens (tertiary/aromatic N) is 2. The largest absolute Gasteiger partial charge is 0.378 e. The number of sulfonamides is 1. The van der Waals surface area contributed by atoms with Crippen molar-refractivity contribution in [1.29, 1.82) is 0 Å². The quantitative estimate of drug-likeness (QED) is 0.720. The van der Waals surface area contributed by atoms with Gasteiger partial charge >= 0.3 is 0 Å². The summed E-state index contributed by atoms with van der Waals surface area (Å²) in [5.74, 6) is 0. The Kier molecular flexibility index (Phi) is 5.37. The maximum atomic E-state index is 11.4. The molecule has 1 fully saturated rings. The Morgan fingerprint density at radius 3 is 2.71 bits per heavy atom. The first-order chi connectivity index (χ1) is 7.86. The molecular weight excluding hydrogens is 240 g/mol. The van der Waals surface area contributed by atoms with E-state index in [1.54, 1.807) is 7.05 Å². The molecule has 0 aromatic rings. The van der Waals surface area contributed by atoms with Crippen LogP contribution in [0.4, 0.5) is 0 Å². The Labute approximate surface area is 105 Å². The van der Waals surface area contributed by atoms with E-state index in [0.717, 1.165) is 19.6 Å². The molecule has 0 aromatic heterocycles. The monoisotopic (exact) mass is 264 g/mol. The van der Waals surface area contributed by atoms with Crippen LogP contribution in [0.15, 0.2) is 0 Å². The van der Waals surface area contributed by atoms with Gasteiger partial charge in [-0.3, -0.25) is 4.90 Å². The van der Waals surface area contributed by atoms with Crippen molar-refractivity contribution >= 4 is 10.0 Å². The highest BCUT2D eigenvalue weighted by Gasteiger charge is 2.28. The van der Waals surface area contributed by atoms with E-state index in [9.17, 15) is 8.42 Å². The Morgan fingerprint density at radius 1 is 1.53 bits per heavy atom. The van der Waals surface area contributed by atoms with Crippen molar-refractivity contribution in [3.8, 4) is 0 Å². The Bertz CT molecular complexity index is 332. The van der Waals surface area contributed by atoms with E-state index < -0.39 is 10.0 Å². The molecule has 0 aromatic carbocycles. The molecule has 0 radical (unpaired) electrons. The van der Waals surface area contributed by atoms with Crippen LogP contribution in [0.3, 0.4) is 0 Å². The molecule has 0 aliphatic carbocycles. The second-order valence-corrected chi connectivity index (χ2v) is 6.86. The standard InChI is InChI=1S/C11H24N2O3S/c1-5-10(2)13-6-7-16-9-11(13)8-12(3)17(4,14)15/h10-11H,5-9H2,1-4H3. The van der Waals surface area contributed by atoms with Crippen LogP contribution in [-0.2, 0) is 14.8 Å². The lowest BCUT2D eigenvalue weighted by molar-refractivity contribution is -0.0298. The first-order valence-corrected chi connectivity index (χ1v) is 7.96. The molecule has 6 heteroatoms. The molecule has 0 spiro atoms. The molecule has 5 nitrogen and oxygen atoms in total. The van der Waals surface area contributed by atoms with Gasteiger partial charge in [0.1, 0.15) is 0 Å². The molecule has 1 saturated heterocycles. The summed E-state index contributed by atoms with van der Waals surface area (Å²) in [6, 6.07) is 0.635.